The van der Waals surface area contributed by atoms with Gasteiger partial charge in [-0.3, -0.25) is 9.59 Å². The number of nitrogens with one attached hydrogen (secondary N) is 1. The van der Waals surface area contributed by atoms with Crippen LogP contribution in [-0.4, -0.2) is 37.6 Å². The molecule has 24 heavy (non-hydrogen) atoms. The molecule has 1 N–H and O–H groups in total. The van der Waals surface area contributed by atoms with Crippen molar-refractivity contribution in [3.05, 3.63) is 65.7 Å². The average molecular weight is 324 g/mol. The monoisotopic (exact) mass is 324 g/mol. The molecule has 1 aliphatic heterocycles. The van der Waals surface area contributed by atoms with Gasteiger partial charge in [-0.1, -0.05) is 35.9 Å². The van der Waals surface area contributed by atoms with Crippen LogP contribution in [0.25, 0.3) is 0 Å². The molecule has 0 aliphatic carbocycles. The maximum atomic E-state index is 12.2. The minimum atomic E-state index is -0.225. The third kappa shape index (κ3) is 3.81. The van der Waals surface area contributed by atoms with E-state index in [1.165, 1.54) is 0 Å². The van der Waals surface area contributed by atoms with Crippen LogP contribution in [0.15, 0.2) is 54.6 Å². The molecule has 1 saturated heterocycles. The Morgan fingerprint density at radius 1 is 1.21 bits per heavy atom. The lowest BCUT2D eigenvalue weighted by Crippen LogP contribution is -2.50. The van der Waals surface area contributed by atoms with Crippen LogP contribution in [0.1, 0.15) is 15.9 Å². The lowest BCUT2D eigenvalue weighted by atomic mass is 10.1. The van der Waals surface area contributed by atoms with Crippen LogP contribution in [0.3, 0.4) is 0 Å². The number of ether oxygens (including phenoxy) is 1. The summed E-state index contributed by atoms with van der Waals surface area (Å²) in [7, 11) is 0. The highest BCUT2D eigenvalue weighted by molar-refractivity contribution is 5.95. The van der Waals surface area contributed by atoms with Gasteiger partial charge >= 0.3 is 0 Å². The number of para-hydroxylation sites is 1. The molecule has 124 valence electrons. The molecule has 1 unspecified atom stereocenters. The number of anilines is 1. The molecular formula is C19H20N2O3. The average Bonchev–Trinajstić information content (AvgIpc) is 2.61. The first kappa shape index (κ1) is 16.2. The first-order valence-corrected chi connectivity index (χ1v) is 7.95. The maximum Gasteiger partial charge on any atom is 0.253 e. The molecule has 0 saturated carbocycles. The Morgan fingerprint density at radius 2 is 2.00 bits per heavy atom. The predicted molar refractivity (Wildman–Crippen MR) is 92.0 cm³/mol. The molecule has 2 aromatic rings. The van der Waals surface area contributed by atoms with E-state index in [2.05, 4.69) is 5.32 Å². The number of aryl methyl sites for hydroxylation is 1. The quantitative estimate of drug-likeness (QED) is 0.937. The minimum absolute atomic E-state index is 0.0277. The minimum Gasteiger partial charge on any atom is -0.365 e. The van der Waals surface area contributed by atoms with Crippen molar-refractivity contribution in [2.45, 2.75) is 13.0 Å². The number of hydrogen-bond acceptors (Lipinski definition) is 3. The van der Waals surface area contributed by atoms with Crippen LogP contribution in [0, 0.1) is 6.92 Å². The lowest BCUT2D eigenvalue weighted by Gasteiger charge is -2.32. The highest BCUT2D eigenvalue weighted by Crippen LogP contribution is 2.17. The van der Waals surface area contributed by atoms with E-state index in [1.54, 1.807) is 11.0 Å². The number of carbonyl (C=O) groups is 2. The SMILES string of the molecule is Cc1cccc(C(=O)NCC2CN(c3ccccc3)C(=O)CO2)c1. The van der Waals surface area contributed by atoms with Gasteiger partial charge < -0.3 is 15.0 Å². The van der Waals surface area contributed by atoms with Crippen molar-refractivity contribution < 1.29 is 14.3 Å². The summed E-state index contributed by atoms with van der Waals surface area (Å²) in [5.41, 5.74) is 2.51. The van der Waals surface area contributed by atoms with E-state index in [1.807, 2.05) is 55.5 Å². The summed E-state index contributed by atoms with van der Waals surface area (Å²) in [6, 6.07) is 16.9. The summed E-state index contributed by atoms with van der Waals surface area (Å²) in [5, 5.41) is 2.88. The van der Waals surface area contributed by atoms with Crippen LogP contribution in [-0.2, 0) is 9.53 Å². The summed E-state index contributed by atoms with van der Waals surface area (Å²) in [6.07, 6.45) is -0.225. The molecule has 0 spiro atoms. The van der Waals surface area contributed by atoms with Gasteiger partial charge in [0.2, 0.25) is 0 Å². The van der Waals surface area contributed by atoms with E-state index in [0.717, 1.165) is 11.3 Å². The van der Waals surface area contributed by atoms with Crippen molar-refractivity contribution >= 4 is 17.5 Å². The van der Waals surface area contributed by atoms with E-state index in [4.69, 9.17) is 4.74 Å². The molecule has 1 aliphatic rings. The first-order chi connectivity index (χ1) is 11.6. The largest absolute Gasteiger partial charge is 0.365 e. The second kappa shape index (κ2) is 7.27. The molecule has 0 radical (unpaired) electrons. The van der Waals surface area contributed by atoms with Gasteiger partial charge in [-0.05, 0) is 31.2 Å². The van der Waals surface area contributed by atoms with E-state index in [9.17, 15) is 9.59 Å². The Bertz CT molecular complexity index is 730. The predicted octanol–water partition coefficient (Wildman–Crippen LogP) is 2.16. The Morgan fingerprint density at radius 3 is 2.75 bits per heavy atom. The number of carbonyl (C=O) groups excluding carboxylic acids is 2. The summed E-state index contributed by atoms with van der Waals surface area (Å²) in [6.45, 7) is 2.77. The van der Waals surface area contributed by atoms with Crippen molar-refractivity contribution in [2.75, 3.05) is 24.6 Å². The summed E-state index contributed by atoms with van der Waals surface area (Å²) in [4.78, 5) is 26.0. The Hall–Kier alpha value is -2.66. The molecule has 5 heteroatoms. The summed E-state index contributed by atoms with van der Waals surface area (Å²) in [5.74, 6) is -0.201. The fourth-order valence-electron chi connectivity index (χ4n) is 2.70. The maximum absolute atomic E-state index is 12.2. The van der Waals surface area contributed by atoms with Crippen molar-refractivity contribution in [1.82, 2.24) is 5.32 Å². The van der Waals surface area contributed by atoms with Crippen molar-refractivity contribution in [1.29, 1.82) is 0 Å². The topological polar surface area (TPSA) is 58.6 Å². The molecule has 3 rings (SSSR count). The molecule has 2 aromatic carbocycles. The molecule has 1 atom stereocenters. The molecule has 2 amide bonds. The van der Waals surface area contributed by atoms with E-state index in [0.29, 0.717) is 18.7 Å². The zero-order valence-electron chi connectivity index (χ0n) is 13.6. The standard InChI is InChI=1S/C19H20N2O3/c1-14-6-5-7-15(10-14)19(23)20-11-17-12-21(18(22)13-24-17)16-8-3-2-4-9-16/h2-10,17H,11-13H2,1H3,(H,20,23). The fraction of sp³-hybridized carbons (Fsp3) is 0.263. The number of morpholine rings is 1. The summed E-state index contributed by atoms with van der Waals surface area (Å²) < 4.78 is 5.55. The second-order valence-corrected chi connectivity index (χ2v) is 5.85. The highest BCUT2D eigenvalue weighted by Gasteiger charge is 2.27. The van der Waals surface area contributed by atoms with Gasteiger partial charge in [-0.15, -0.1) is 0 Å². The third-order valence-electron chi connectivity index (χ3n) is 3.97. The van der Waals surface area contributed by atoms with E-state index >= 15 is 0 Å². The van der Waals surface area contributed by atoms with Crippen LogP contribution in [0.4, 0.5) is 5.69 Å². The van der Waals surface area contributed by atoms with Crippen LogP contribution in [0.2, 0.25) is 0 Å². The van der Waals surface area contributed by atoms with Crippen molar-refractivity contribution in [3.63, 3.8) is 0 Å². The first-order valence-electron chi connectivity index (χ1n) is 7.95. The van der Waals surface area contributed by atoms with Crippen LogP contribution < -0.4 is 10.2 Å². The molecule has 1 heterocycles. The van der Waals surface area contributed by atoms with Crippen LogP contribution >= 0.6 is 0 Å². The summed E-state index contributed by atoms with van der Waals surface area (Å²) >= 11 is 0. The van der Waals surface area contributed by atoms with Gasteiger partial charge in [0, 0.05) is 17.8 Å². The number of nitrogens with zero attached hydrogens (tertiary/aromatic N) is 1. The van der Waals surface area contributed by atoms with Crippen molar-refractivity contribution in [2.24, 2.45) is 0 Å². The van der Waals surface area contributed by atoms with Gasteiger partial charge in [0.25, 0.3) is 11.8 Å². The lowest BCUT2D eigenvalue weighted by molar-refractivity contribution is -0.129. The molecule has 5 nitrogen and oxygen atoms in total. The number of rotatable bonds is 4. The van der Waals surface area contributed by atoms with Gasteiger partial charge in [0.15, 0.2) is 0 Å². The van der Waals surface area contributed by atoms with Gasteiger partial charge in [0.05, 0.1) is 12.6 Å². The van der Waals surface area contributed by atoms with E-state index in [-0.39, 0.29) is 24.5 Å². The zero-order chi connectivity index (χ0) is 16.9. The molecule has 0 aromatic heterocycles. The van der Waals surface area contributed by atoms with Gasteiger partial charge in [0.1, 0.15) is 6.61 Å². The van der Waals surface area contributed by atoms with Gasteiger partial charge in [-0.2, -0.15) is 0 Å². The normalized spacial score (nSPS) is 17.6. The number of benzene rings is 2. The zero-order valence-corrected chi connectivity index (χ0v) is 13.6. The van der Waals surface area contributed by atoms with E-state index < -0.39 is 0 Å². The van der Waals surface area contributed by atoms with Gasteiger partial charge in [-0.25, -0.2) is 0 Å². The third-order valence-corrected chi connectivity index (χ3v) is 3.97. The van der Waals surface area contributed by atoms with Crippen LogP contribution in [0.5, 0.6) is 0 Å². The van der Waals surface area contributed by atoms with Crippen molar-refractivity contribution in [3.8, 4) is 0 Å². The Balaban J connectivity index is 1.60. The fourth-order valence-corrected chi connectivity index (χ4v) is 2.70. The Kier molecular flexibility index (Phi) is 4.91. The Labute approximate surface area is 141 Å². The number of hydrogen-bond donors (Lipinski definition) is 1. The highest BCUT2D eigenvalue weighted by atomic mass is 16.5. The molecule has 1 fully saturated rings. The second-order valence-electron chi connectivity index (χ2n) is 5.85. The molecular weight excluding hydrogens is 304 g/mol. The molecule has 0 bridgehead atoms. The smallest absolute Gasteiger partial charge is 0.253 e. The number of amides is 2.